The minimum Gasteiger partial charge on any atom is -0.389 e. The van der Waals surface area contributed by atoms with Gasteiger partial charge in [0.1, 0.15) is 5.37 Å². The Kier molecular flexibility index (Phi) is 5.80. The standard InChI is InChI=1S/C24H24N2O4S/c1-16(27)19-6-4-7-20(15-19)25-24(28)18-9-12-21(13-10-18)31(29,30)23-14-11-17-5-2-3-8-22(17)26-23/h2-10,12-13,15-16,23,26-27H,11,14H2,1H3,(H,25,28). The number of hydrogen-bond acceptors (Lipinski definition) is 5. The molecule has 0 aromatic heterocycles. The van der Waals surface area contributed by atoms with Crippen LogP contribution in [-0.4, -0.2) is 24.8 Å². The first-order valence-electron chi connectivity index (χ1n) is 10.1. The summed E-state index contributed by atoms with van der Waals surface area (Å²) >= 11 is 0. The van der Waals surface area contributed by atoms with Gasteiger partial charge < -0.3 is 15.7 Å². The lowest BCUT2D eigenvalue weighted by Crippen LogP contribution is -2.33. The van der Waals surface area contributed by atoms with E-state index in [-0.39, 0.29) is 10.8 Å². The van der Waals surface area contributed by atoms with Crippen LogP contribution in [0.2, 0.25) is 0 Å². The molecule has 3 aromatic carbocycles. The van der Waals surface area contributed by atoms with Crippen molar-refractivity contribution in [1.29, 1.82) is 0 Å². The first kappa shape index (κ1) is 21.1. The van der Waals surface area contributed by atoms with Crippen molar-refractivity contribution >= 4 is 27.1 Å². The van der Waals surface area contributed by atoms with Gasteiger partial charge >= 0.3 is 0 Å². The van der Waals surface area contributed by atoms with Crippen LogP contribution < -0.4 is 10.6 Å². The Morgan fingerprint density at radius 3 is 2.55 bits per heavy atom. The Labute approximate surface area is 181 Å². The molecule has 0 saturated carbocycles. The fourth-order valence-electron chi connectivity index (χ4n) is 3.68. The van der Waals surface area contributed by atoms with Crippen molar-refractivity contribution in [2.45, 2.75) is 36.1 Å². The van der Waals surface area contributed by atoms with Gasteiger partial charge in [0.25, 0.3) is 5.91 Å². The number of carbonyl (C=O) groups excluding carboxylic acids is 1. The number of fused-ring (bicyclic) bond motifs is 1. The lowest BCUT2D eigenvalue weighted by atomic mass is 10.0. The third kappa shape index (κ3) is 4.47. The number of rotatable bonds is 5. The molecule has 7 heteroatoms. The average molecular weight is 437 g/mol. The Balaban J connectivity index is 1.49. The van der Waals surface area contributed by atoms with Crippen molar-refractivity contribution in [2.75, 3.05) is 10.6 Å². The fourth-order valence-corrected chi connectivity index (χ4v) is 5.24. The molecule has 1 amide bonds. The second-order valence-electron chi connectivity index (χ2n) is 7.65. The van der Waals surface area contributed by atoms with Crippen LogP contribution in [0.4, 0.5) is 11.4 Å². The summed E-state index contributed by atoms with van der Waals surface area (Å²) in [5, 5.41) is 14.9. The van der Waals surface area contributed by atoms with Crippen LogP contribution in [-0.2, 0) is 16.3 Å². The van der Waals surface area contributed by atoms with Gasteiger partial charge in [0.05, 0.1) is 11.0 Å². The molecule has 160 valence electrons. The summed E-state index contributed by atoms with van der Waals surface area (Å²) in [6, 6.07) is 20.6. The monoisotopic (exact) mass is 436 g/mol. The van der Waals surface area contributed by atoms with Gasteiger partial charge in [-0.1, -0.05) is 30.3 Å². The van der Waals surface area contributed by atoms with Gasteiger partial charge in [-0.05, 0) is 73.4 Å². The van der Waals surface area contributed by atoms with Crippen molar-refractivity contribution < 1.29 is 18.3 Å². The molecule has 0 saturated heterocycles. The van der Waals surface area contributed by atoms with E-state index in [9.17, 15) is 18.3 Å². The molecule has 1 aliphatic rings. The topological polar surface area (TPSA) is 95.5 Å². The van der Waals surface area contributed by atoms with E-state index < -0.39 is 21.3 Å². The van der Waals surface area contributed by atoms with E-state index in [4.69, 9.17) is 0 Å². The van der Waals surface area contributed by atoms with Crippen LogP contribution in [0.3, 0.4) is 0 Å². The summed E-state index contributed by atoms with van der Waals surface area (Å²) in [7, 11) is -3.59. The molecule has 3 aromatic rings. The summed E-state index contributed by atoms with van der Waals surface area (Å²) in [6.07, 6.45) is 0.544. The van der Waals surface area contributed by atoms with Crippen molar-refractivity contribution in [3.05, 3.63) is 89.5 Å². The van der Waals surface area contributed by atoms with Crippen molar-refractivity contribution in [3.63, 3.8) is 0 Å². The number of aryl methyl sites for hydroxylation is 1. The third-order valence-electron chi connectivity index (χ3n) is 5.46. The normalized spacial score (nSPS) is 16.6. The highest BCUT2D eigenvalue weighted by Gasteiger charge is 2.30. The van der Waals surface area contributed by atoms with Gasteiger partial charge in [0, 0.05) is 16.9 Å². The van der Waals surface area contributed by atoms with E-state index in [0.717, 1.165) is 11.3 Å². The number of anilines is 2. The molecule has 0 radical (unpaired) electrons. The van der Waals surface area contributed by atoms with E-state index in [2.05, 4.69) is 10.6 Å². The second-order valence-corrected chi connectivity index (χ2v) is 9.78. The number of aliphatic hydroxyl groups is 1. The Morgan fingerprint density at radius 1 is 1.06 bits per heavy atom. The van der Waals surface area contributed by atoms with Gasteiger partial charge in [-0.25, -0.2) is 8.42 Å². The van der Waals surface area contributed by atoms with Crippen LogP contribution >= 0.6 is 0 Å². The number of amides is 1. The summed E-state index contributed by atoms with van der Waals surface area (Å²) in [4.78, 5) is 12.7. The van der Waals surface area contributed by atoms with Crippen LogP contribution in [0.25, 0.3) is 0 Å². The quantitative estimate of drug-likeness (QED) is 0.558. The third-order valence-corrected chi connectivity index (χ3v) is 7.49. The zero-order chi connectivity index (χ0) is 22.0. The fraction of sp³-hybridized carbons (Fsp3) is 0.208. The minimum absolute atomic E-state index is 0.178. The molecule has 0 fully saturated rings. The smallest absolute Gasteiger partial charge is 0.255 e. The van der Waals surface area contributed by atoms with E-state index in [1.807, 2.05) is 24.3 Å². The molecule has 0 aliphatic carbocycles. The zero-order valence-corrected chi connectivity index (χ0v) is 17.9. The first-order chi connectivity index (χ1) is 14.8. The van der Waals surface area contributed by atoms with Crippen molar-refractivity contribution in [2.24, 2.45) is 0 Å². The summed E-state index contributed by atoms with van der Waals surface area (Å²) in [5.41, 5.74) is 3.56. The van der Waals surface area contributed by atoms with Crippen LogP contribution in [0, 0.1) is 0 Å². The molecule has 31 heavy (non-hydrogen) atoms. The predicted molar refractivity (Wildman–Crippen MR) is 121 cm³/mol. The lowest BCUT2D eigenvalue weighted by Gasteiger charge is -2.26. The molecule has 0 bridgehead atoms. The summed E-state index contributed by atoms with van der Waals surface area (Å²) in [5.74, 6) is -0.351. The van der Waals surface area contributed by atoms with Gasteiger partial charge in [-0.3, -0.25) is 4.79 Å². The maximum Gasteiger partial charge on any atom is 0.255 e. The summed E-state index contributed by atoms with van der Waals surface area (Å²) in [6.45, 7) is 1.65. The number of sulfone groups is 1. The highest BCUT2D eigenvalue weighted by atomic mass is 32.2. The molecule has 3 N–H and O–H groups in total. The Bertz CT molecular complexity index is 1200. The predicted octanol–water partition coefficient (Wildman–Crippen LogP) is 4.15. The van der Waals surface area contributed by atoms with Crippen LogP contribution in [0.5, 0.6) is 0 Å². The number of para-hydroxylation sites is 1. The molecular weight excluding hydrogens is 412 g/mol. The maximum atomic E-state index is 13.1. The SMILES string of the molecule is CC(O)c1cccc(NC(=O)c2ccc(S(=O)(=O)C3CCc4ccccc4N3)cc2)c1. The number of benzene rings is 3. The van der Waals surface area contributed by atoms with Gasteiger partial charge in [-0.2, -0.15) is 0 Å². The lowest BCUT2D eigenvalue weighted by molar-refractivity contribution is 0.102. The average Bonchev–Trinajstić information content (AvgIpc) is 2.79. The number of nitrogens with one attached hydrogen (secondary N) is 2. The van der Waals surface area contributed by atoms with Crippen molar-refractivity contribution in [1.82, 2.24) is 0 Å². The summed E-state index contributed by atoms with van der Waals surface area (Å²) < 4.78 is 26.2. The molecule has 1 aliphatic heterocycles. The van der Waals surface area contributed by atoms with Gasteiger partial charge in [0.15, 0.2) is 9.84 Å². The van der Waals surface area contributed by atoms with Crippen LogP contribution in [0.1, 0.15) is 40.9 Å². The van der Waals surface area contributed by atoms with E-state index >= 15 is 0 Å². The highest BCUT2D eigenvalue weighted by molar-refractivity contribution is 7.92. The Hall–Kier alpha value is -3.16. The second kappa shape index (κ2) is 8.53. The molecule has 4 rings (SSSR count). The molecule has 2 atom stereocenters. The molecule has 2 unspecified atom stereocenters. The largest absolute Gasteiger partial charge is 0.389 e. The highest BCUT2D eigenvalue weighted by Crippen LogP contribution is 2.29. The van der Waals surface area contributed by atoms with Gasteiger partial charge in [-0.15, -0.1) is 0 Å². The molecule has 6 nitrogen and oxygen atoms in total. The first-order valence-corrected chi connectivity index (χ1v) is 11.7. The van der Waals surface area contributed by atoms with E-state index in [1.165, 1.54) is 24.3 Å². The van der Waals surface area contributed by atoms with Crippen LogP contribution in [0.15, 0.2) is 77.7 Å². The number of aliphatic hydroxyl groups excluding tert-OH is 1. The zero-order valence-electron chi connectivity index (χ0n) is 17.1. The van der Waals surface area contributed by atoms with E-state index in [1.54, 1.807) is 31.2 Å². The molecule has 0 spiro atoms. The minimum atomic E-state index is -3.59. The maximum absolute atomic E-state index is 13.1. The number of carbonyl (C=O) groups is 1. The van der Waals surface area contributed by atoms with Gasteiger partial charge in [0.2, 0.25) is 0 Å². The Morgan fingerprint density at radius 2 is 1.81 bits per heavy atom. The number of hydrogen-bond donors (Lipinski definition) is 3. The van der Waals surface area contributed by atoms with Crippen molar-refractivity contribution in [3.8, 4) is 0 Å². The van der Waals surface area contributed by atoms with E-state index in [0.29, 0.717) is 29.7 Å². The molecule has 1 heterocycles. The molecular formula is C24H24N2O4S.